The van der Waals surface area contributed by atoms with E-state index in [1.165, 1.54) is 23.1 Å². The third kappa shape index (κ3) is 2.89. The van der Waals surface area contributed by atoms with Crippen LogP contribution >= 0.6 is 23.1 Å². The van der Waals surface area contributed by atoms with Crippen molar-refractivity contribution in [3.63, 3.8) is 0 Å². The smallest absolute Gasteiger partial charge is 0.186 e. The molecule has 0 saturated heterocycles. The molecule has 0 bridgehead atoms. The van der Waals surface area contributed by atoms with Crippen molar-refractivity contribution in [2.24, 2.45) is 0 Å². The van der Waals surface area contributed by atoms with Crippen LogP contribution < -0.4 is 0 Å². The van der Waals surface area contributed by atoms with Gasteiger partial charge >= 0.3 is 0 Å². The molecule has 0 saturated carbocycles. The van der Waals surface area contributed by atoms with Crippen LogP contribution in [0.15, 0.2) is 4.34 Å². The summed E-state index contributed by atoms with van der Waals surface area (Å²) in [5.74, 6) is 2.51. The SMILES string of the molecule is Cc1nnc(SC#CCO)s1. The van der Waals surface area contributed by atoms with Gasteiger partial charge in [0.25, 0.3) is 0 Å². The lowest BCUT2D eigenvalue weighted by Crippen LogP contribution is -1.70. The van der Waals surface area contributed by atoms with E-state index < -0.39 is 0 Å². The maximum Gasteiger partial charge on any atom is 0.186 e. The van der Waals surface area contributed by atoms with Crippen LogP contribution in [0.3, 0.4) is 0 Å². The zero-order valence-electron chi connectivity index (χ0n) is 5.87. The molecule has 0 atom stereocenters. The first kappa shape index (κ1) is 8.53. The predicted octanol–water partition coefficient (Wildman–Crippen LogP) is 0.892. The summed E-state index contributed by atoms with van der Waals surface area (Å²) in [6, 6.07) is 0. The lowest BCUT2D eigenvalue weighted by molar-refractivity contribution is 0.351. The van der Waals surface area contributed by atoms with Gasteiger partial charge < -0.3 is 5.11 Å². The maximum atomic E-state index is 8.33. The fraction of sp³-hybridized carbons (Fsp3) is 0.333. The average Bonchev–Trinajstić information content (AvgIpc) is 2.37. The van der Waals surface area contributed by atoms with Crippen molar-refractivity contribution >= 4 is 23.1 Å². The summed E-state index contributed by atoms with van der Waals surface area (Å²) in [6.07, 6.45) is 0. The van der Waals surface area contributed by atoms with Crippen LogP contribution in [-0.4, -0.2) is 21.9 Å². The van der Waals surface area contributed by atoms with E-state index in [4.69, 9.17) is 5.11 Å². The lowest BCUT2D eigenvalue weighted by Gasteiger charge is -1.77. The highest BCUT2D eigenvalue weighted by molar-refractivity contribution is 8.05. The van der Waals surface area contributed by atoms with Crippen LogP contribution in [0.1, 0.15) is 5.01 Å². The molecule has 1 aromatic heterocycles. The first-order valence-corrected chi connectivity index (χ1v) is 4.52. The van der Waals surface area contributed by atoms with Crippen molar-refractivity contribution in [3.8, 4) is 11.2 Å². The molecule has 11 heavy (non-hydrogen) atoms. The van der Waals surface area contributed by atoms with E-state index in [1.54, 1.807) is 0 Å². The highest BCUT2D eigenvalue weighted by Gasteiger charge is 1.96. The van der Waals surface area contributed by atoms with Crippen molar-refractivity contribution in [1.82, 2.24) is 10.2 Å². The number of aliphatic hydroxyl groups is 1. The third-order valence-electron chi connectivity index (χ3n) is 0.797. The molecule has 0 aliphatic rings. The molecule has 1 aromatic rings. The van der Waals surface area contributed by atoms with Gasteiger partial charge in [-0.05, 0) is 23.9 Å². The van der Waals surface area contributed by atoms with Gasteiger partial charge in [0.05, 0.1) is 0 Å². The van der Waals surface area contributed by atoms with Gasteiger partial charge in [0.15, 0.2) is 4.34 Å². The molecule has 1 N–H and O–H groups in total. The van der Waals surface area contributed by atoms with Gasteiger partial charge in [-0.2, -0.15) is 0 Å². The summed E-state index contributed by atoms with van der Waals surface area (Å²) in [4.78, 5) is 0. The molecule has 1 heterocycles. The second-order valence-electron chi connectivity index (χ2n) is 1.63. The second-order valence-corrected chi connectivity index (χ2v) is 3.86. The molecule has 0 spiro atoms. The van der Waals surface area contributed by atoms with E-state index in [0.717, 1.165) is 9.35 Å². The second kappa shape index (κ2) is 4.34. The first-order valence-electron chi connectivity index (χ1n) is 2.88. The van der Waals surface area contributed by atoms with Gasteiger partial charge in [-0.3, -0.25) is 0 Å². The van der Waals surface area contributed by atoms with E-state index in [9.17, 15) is 0 Å². The Kier molecular flexibility index (Phi) is 3.36. The number of aryl methyl sites for hydroxylation is 1. The van der Waals surface area contributed by atoms with Crippen molar-refractivity contribution in [2.75, 3.05) is 6.61 Å². The highest BCUT2D eigenvalue weighted by Crippen LogP contribution is 2.19. The van der Waals surface area contributed by atoms with Gasteiger partial charge in [-0.1, -0.05) is 17.3 Å². The molecule has 58 valence electrons. The van der Waals surface area contributed by atoms with Crippen LogP contribution in [0.25, 0.3) is 0 Å². The first-order chi connectivity index (χ1) is 5.33. The minimum absolute atomic E-state index is 0.106. The maximum absolute atomic E-state index is 8.33. The van der Waals surface area contributed by atoms with Gasteiger partial charge in [-0.25, -0.2) is 0 Å². The minimum atomic E-state index is -0.106. The molecule has 0 aromatic carbocycles. The quantitative estimate of drug-likeness (QED) is 0.522. The molecule has 3 nitrogen and oxygen atoms in total. The van der Waals surface area contributed by atoms with Gasteiger partial charge in [0.1, 0.15) is 11.6 Å². The van der Waals surface area contributed by atoms with E-state index in [1.807, 2.05) is 6.92 Å². The third-order valence-corrected chi connectivity index (χ3v) is 2.43. The molecular weight excluding hydrogens is 180 g/mol. The van der Waals surface area contributed by atoms with Crippen LogP contribution in [0, 0.1) is 18.1 Å². The Morgan fingerprint density at radius 2 is 2.45 bits per heavy atom. The van der Waals surface area contributed by atoms with E-state index >= 15 is 0 Å². The number of aliphatic hydroxyl groups excluding tert-OH is 1. The van der Waals surface area contributed by atoms with E-state index in [0.29, 0.717) is 0 Å². The fourth-order valence-electron chi connectivity index (χ4n) is 0.432. The monoisotopic (exact) mass is 186 g/mol. The van der Waals surface area contributed by atoms with Gasteiger partial charge in [-0.15, -0.1) is 10.2 Å². The molecule has 0 fully saturated rings. The normalized spacial score (nSPS) is 8.91. The molecule has 5 heteroatoms. The topological polar surface area (TPSA) is 46.0 Å². The van der Waals surface area contributed by atoms with E-state index in [-0.39, 0.29) is 6.61 Å². The zero-order valence-corrected chi connectivity index (χ0v) is 7.50. The van der Waals surface area contributed by atoms with E-state index in [2.05, 4.69) is 21.4 Å². The number of hydrogen-bond acceptors (Lipinski definition) is 5. The van der Waals surface area contributed by atoms with Crippen LogP contribution in [0.2, 0.25) is 0 Å². The standard InChI is InChI=1S/C6H6N2OS2/c1-5-7-8-6(11-5)10-4-2-3-9/h9H,3H2,1H3. The Morgan fingerprint density at radius 3 is 3.00 bits per heavy atom. The van der Waals surface area contributed by atoms with Crippen molar-refractivity contribution in [3.05, 3.63) is 5.01 Å². The molecule has 0 aliphatic carbocycles. The summed E-state index contributed by atoms with van der Waals surface area (Å²) in [5, 5.41) is 19.6. The lowest BCUT2D eigenvalue weighted by atomic mass is 10.8. The zero-order chi connectivity index (χ0) is 8.10. The number of thioether (sulfide) groups is 1. The number of nitrogens with zero attached hydrogens (tertiary/aromatic N) is 2. The summed E-state index contributed by atoms with van der Waals surface area (Å²) in [7, 11) is 0. The molecule has 1 rings (SSSR count). The average molecular weight is 186 g/mol. The van der Waals surface area contributed by atoms with Crippen molar-refractivity contribution in [2.45, 2.75) is 11.3 Å². The molecular formula is C6H6N2OS2. The summed E-state index contributed by atoms with van der Waals surface area (Å²) in [6.45, 7) is 1.78. The molecule has 0 unspecified atom stereocenters. The largest absolute Gasteiger partial charge is 0.384 e. The van der Waals surface area contributed by atoms with Crippen LogP contribution in [-0.2, 0) is 0 Å². The Hall–Kier alpha value is -0.570. The van der Waals surface area contributed by atoms with Crippen molar-refractivity contribution in [1.29, 1.82) is 0 Å². The summed E-state index contributed by atoms with van der Waals surface area (Å²) < 4.78 is 0.823. The molecule has 0 amide bonds. The Morgan fingerprint density at radius 1 is 1.64 bits per heavy atom. The Balaban J connectivity index is 2.51. The number of rotatable bonds is 1. The predicted molar refractivity (Wildman–Crippen MR) is 45.4 cm³/mol. The Labute approximate surface area is 72.9 Å². The fourth-order valence-corrected chi connectivity index (χ4v) is 1.81. The summed E-state index contributed by atoms with van der Waals surface area (Å²) >= 11 is 2.78. The summed E-state index contributed by atoms with van der Waals surface area (Å²) in [5.41, 5.74) is 0. The molecule has 0 aliphatic heterocycles. The van der Waals surface area contributed by atoms with Gasteiger partial charge in [0, 0.05) is 0 Å². The number of hydrogen-bond donors (Lipinski definition) is 1. The Bertz CT molecular complexity index is 286. The van der Waals surface area contributed by atoms with Crippen LogP contribution in [0.5, 0.6) is 0 Å². The highest BCUT2D eigenvalue weighted by atomic mass is 32.2. The van der Waals surface area contributed by atoms with Gasteiger partial charge in [0.2, 0.25) is 0 Å². The minimum Gasteiger partial charge on any atom is -0.384 e. The van der Waals surface area contributed by atoms with Crippen molar-refractivity contribution < 1.29 is 5.11 Å². The number of aromatic nitrogens is 2. The van der Waals surface area contributed by atoms with Crippen LogP contribution in [0.4, 0.5) is 0 Å². The molecule has 0 radical (unpaired) electrons.